The lowest BCUT2D eigenvalue weighted by molar-refractivity contribution is -0.132. The van der Waals surface area contributed by atoms with Crippen molar-refractivity contribution in [1.29, 1.82) is 0 Å². The Hall–Kier alpha value is -1.16. The minimum absolute atomic E-state index is 0.000787. The fourth-order valence-electron chi connectivity index (χ4n) is 2.23. The van der Waals surface area contributed by atoms with Crippen LogP contribution in [0.4, 0.5) is 0 Å². The second-order valence-corrected chi connectivity index (χ2v) is 4.99. The summed E-state index contributed by atoms with van der Waals surface area (Å²) in [5.41, 5.74) is 0.339. The van der Waals surface area contributed by atoms with Gasteiger partial charge in [-0.25, -0.2) is 0 Å². The van der Waals surface area contributed by atoms with Crippen LogP contribution in [0.25, 0.3) is 0 Å². The molecule has 0 aromatic rings. The largest absolute Gasteiger partial charge is 0.378 e. The molecule has 0 aromatic heterocycles. The molecule has 4 nitrogen and oxygen atoms in total. The van der Waals surface area contributed by atoms with E-state index in [4.69, 9.17) is 4.74 Å². The van der Waals surface area contributed by atoms with Crippen LogP contribution in [0.5, 0.6) is 0 Å². The first-order chi connectivity index (χ1) is 7.50. The highest BCUT2D eigenvalue weighted by Crippen LogP contribution is 2.37. The molecule has 4 heteroatoms. The van der Waals surface area contributed by atoms with Gasteiger partial charge in [0.2, 0.25) is 0 Å². The molecule has 0 N–H and O–H groups in total. The molecule has 0 saturated carbocycles. The van der Waals surface area contributed by atoms with E-state index in [1.54, 1.807) is 4.90 Å². The predicted molar refractivity (Wildman–Crippen MR) is 58.9 cm³/mol. The highest BCUT2D eigenvalue weighted by atomic mass is 16.5. The summed E-state index contributed by atoms with van der Waals surface area (Å²) in [6.45, 7) is 6.33. The predicted octanol–water partition coefficient (Wildman–Crippen LogP) is 0.771. The second kappa shape index (κ2) is 4.01. The van der Waals surface area contributed by atoms with Gasteiger partial charge in [0.1, 0.15) is 0 Å². The van der Waals surface area contributed by atoms with E-state index in [0.29, 0.717) is 38.3 Å². The molecule has 1 saturated heterocycles. The molecule has 0 unspecified atom stereocenters. The zero-order valence-corrected chi connectivity index (χ0v) is 9.78. The van der Waals surface area contributed by atoms with Gasteiger partial charge >= 0.3 is 0 Å². The molecule has 1 aliphatic heterocycles. The first kappa shape index (κ1) is 11.3. The number of nitrogens with zero attached hydrogens (tertiary/aromatic N) is 1. The quantitative estimate of drug-likeness (QED) is 0.659. The topological polar surface area (TPSA) is 46.6 Å². The van der Waals surface area contributed by atoms with Gasteiger partial charge in [-0.15, -0.1) is 0 Å². The lowest BCUT2D eigenvalue weighted by atomic mass is 9.85. The summed E-state index contributed by atoms with van der Waals surface area (Å²) in [5.74, 6) is 0.0563. The lowest BCUT2D eigenvalue weighted by Crippen LogP contribution is -2.42. The number of rotatable bonds is 1. The maximum absolute atomic E-state index is 12.2. The summed E-state index contributed by atoms with van der Waals surface area (Å²) in [7, 11) is 0. The SMILES string of the molecule is CC1(C)CC(=O)C=C1C(=O)N1CCOCC1. The number of allylic oxidation sites excluding steroid dienone is 1. The smallest absolute Gasteiger partial charge is 0.250 e. The number of carbonyl (C=O) groups is 2. The summed E-state index contributed by atoms with van der Waals surface area (Å²) in [6.07, 6.45) is 1.95. The van der Waals surface area contributed by atoms with Crippen LogP contribution in [0, 0.1) is 5.41 Å². The molecular formula is C12H17NO3. The van der Waals surface area contributed by atoms with Crippen LogP contribution in [0.2, 0.25) is 0 Å². The molecule has 2 rings (SSSR count). The van der Waals surface area contributed by atoms with E-state index in [-0.39, 0.29) is 17.1 Å². The van der Waals surface area contributed by atoms with Crippen LogP contribution in [0.1, 0.15) is 20.3 Å². The molecule has 88 valence electrons. The van der Waals surface area contributed by atoms with Gasteiger partial charge in [-0.3, -0.25) is 9.59 Å². The van der Waals surface area contributed by atoms with Crippen LogP contribution in [0.3, 0.4) is 0 Å². The van der Waals surface area contributed by atoms with Gasteiger partial charge < -0.3 is 9.64 Å². The highest BCUT2D eigenvalue weighted by Gasteiger charge is 2.38. The third kappa shape index (κ3) is 2.02. The zero-order chi connectivity index (χ0) is 11.8. The monoisotopic (exact) mass is 223 g/mol. The first-order valence-electron chi connectivity index (χ1n) is 5.63. The summed E-state index contributed by atoms with van der Waals surface area (Å²) in [6, 6.07) is 0. The maximum Gasteiger partial charge on any atom is 0.250 e. The highest BCUT2D eigenvalue weighted by molar-refractivity contribution is 6.06. The Morgan fingerprint density at radius 3 is 2.50 bits per heavy atom. The fourth-order valence-corrected chi connectivity index (χ4v) is 2.23. The number of ether oxygens (including phenoxy) is 1. The Kier molecular flexibility index (Phi) is 2.84. The van der Waals surface area contributed by atoms with Gasteiger partial charge in [0, 0.05) is 30.5 Å². The van der Waals surface area contributed by atoms with E-state index in [0.717, 1.165) is 0 Å². The van der Waals surface area contributed by atoms with Crippen LogP contribution >= 0.6 is 0 Å². The third-order valence-electron chi connectivity index (χ3n) is 3.18. The van der Waals surface area contributed by atoms with Crippen molar-refractivity contribution in [2.45, 2.75) is 20.3 Å². The molecule has 2 aliphatic rings. The van der Waals surface area contributed by atoms with Crippen LogP contribution < -0.4 is 0 Å². The summed E-state index contributed by atoms with van der Waals surface area (Å²) in [4.78, 5) is 25.4. The van der Waals surface area contributed by atoms with Crippen molar-refractivity contribution in [3.8, 4) is 0 Å². The second-order valence-electron chi connectivity index (χ2n) is 4.99. The van der Waals surface area contributed by atoms with Gasteiger partial charge in [-0.1, -0.05) is 13.8 Å². The van der Waals surface area contributed by atoms with E-state index in [1.807, 2.05) is 13.8 Å². The molecule has 0 radical (unpaired) electrons. The van der Waals surface area contributed by atoms with Gasteiger partial charge in [0.05, 0.1) is 13.2 Å². The normalized spacial score (nSPS) is 24.5. The lowest BCUT2D eigenvalue weighted by Gasteiger charge is -2.30. The molecule has 16 heavy (non-hydrogen) atoms. The van der Waals surface area contributed by atoms with Gasteiger partial charge in [0.25, 0.3) is 5.91 Å². The molecule has 1 fully saturated rings. The molecule has 0 spiro atoms. The number of ketones is 1. The average Bonchev–Trinajstić information content (AvgIpc) is 2.52. The minimum atomic E-state index is -0.313. The zero-order valence-electron chi connectivity index (χ0n) is 9.78. The third-order valence-corrected chi connectivity index (χ3v) is 3.18. The van der Waals surface area contributed by atoms with E-state index < -0.39 is 0 Å². The number of amides is 1. The van der Waals surface area contributed by atoms with Crippen LogP contribution in [0.15, 0.2) is 11.6 Å². The molecule has 1 amide bonds. The fraction of sp³-hybridized carbons (Fsp3) is 0.667. The maximum atomic E-state index is 12.2. The van der Waals surface area contributed by atoms with Crippen LogP contribution in [-0.4, -0.2) is 42.9 Å². The molecular weight excluding hydrogens is 206 g/mol. The van der Waals surface area contributed by atoms with Crippen molar-refractivity contribution in [3.05, 3.63) is 11.6 Å². The van der Waals surface area contributed by atoms with E-state index in [9.17, 15) is 9.59 Å². The molecule has 1 aliphatic carbocycles. The average molecular weight is 223 g/mol. The first-order valence-corrected chi connectivity index (χ1v) is 5.63. The number of hydrogen-bond donors (Lipinski definition) is 0. The van der Waals surface area contributed by atoms with Gasteiger partial charge in [-0.2, -0.15) is 0 Å². The van der Waals surface area contributed by atoms with Gasteiger partial charge in [-0.05, 0) is 6.08 Å². The van der Waals surface area contributed by atoms with Crippen molar-refractivity contribution in [1.82, 2.24) is 4.90 Å². The molecule has 1 heterocycles. The molecule has 0 aromatic carbocycles. The van der Waals surface area contributed by atoms with Crippen molar-refractivity contribution in [2.75, 3.05) is 26.3 Å². The van der Waals surface area contributed by atoms with E-state index in [2.05, 4.69) is 0 Å². The number of carbonyl (C=O) groups excluding carboxylic acids is 2. The summed E-state index contributed by atoms with van der Waals surface area (Å²) in [5, 5.41) is 0. The summed E-state index contributed by atoms with van der Waals surface area (Å²) < 4.78 is 5.21. The van der Waals surface area contributed by atoms with Crippen molar-refractivity contribution < 1.29 is 14.3 Å². The number of hydrogen-bond acceptors (Lipinski definition) is 3. The van der Waals surface area contributed by atoms with Gasteiger partial charge in [0.15, 0.2) is 5.78 Å². The standard InChI is InChI=1S/C12H17NO3/c1-12(2)8-9(14)7-10(12)11(15)13-3-5-16-6-4-13/h7H,3-6,8H2,1-2H3. The Balaban J connectivity index is 2.15. The van der Waals surface area contributed by atoms with Crippen molar-refractivity contribution in [2.24, 2.45) is 5.41 Å². The minimum Gasteiger partial charge on any atom is -0.378 e. The Morgan fingerprint density at radius 1 is 1.38 bits per heavy atom. The molecule has 0 atom stereocenters. The summed E-state index contributed by atoms with van der Waals surface area (Å²) >= 11 is 0. The number of morpholine rings is 1. The van der Waals surface area contributed by atoms with E-state index >= 15 is 0 Å². The Labute approximate surface area is 95.2 Å². The Morgan fingerprint density at radius 2 is 2.00 bits per heavy atom. The van der Waals surface area contributed by atoms with Crippen molar-refractivity contribution >= 4 is 11.7 Å². The Bertz CT molecular complexity index is 351. The van der Waals surface area contributed by atoms with Crippen LogP contribution in [-0.2, 0) is 14.3 Å². The van der Waals surface area contributed by atoms with E-state index in [1.165, 1.54) is 6.08 Å². The van der Waals surface area contributed by atoms with Crippen molar-refractivity contribution in [3.63, 3.8) is 0 Å². The molecule has 0 bridgehead atoms.